The van der Waals surface area contributed by atoms with Gasteiger partial charge in [0.05, 0.1) is 27.2 Å². The molecule has 0 aliphatic carbocycles. The van der Waals surface area contributed by atoms with E-state index in [1.54, 1.807) is 21.3 Å². The zero-order chi connectivity index (χ0) is 19.0. The highest BCUT2D eigenvalue weighted by Crippen LogP contribution is 2.17. The summed E-state index contributed by atoms with van der Waals surface area (Å²) in [5, 5.41) is 0. The predicted octanol–water partition coefficient (Wildman–Crippen LogP) is 2.26. The first-order valence-electron chi connectivity index (χ1n) is 10.4. The lowest BCUT2D eigenvalue weighted by molar-refractivity contribution is -0.890. The first kappa shape index (κ1) is 29.0. The number of nitrogens with zero attached hydrogens (tertiary/aromatic N) is 1. The van der Waals surface area contributed by atoms with E-state index in [-0.39, 0.29) is 24.0 Å². The van der Waals surface area contributed by atoms with E-state index in [1.807, 2.05) is 0 Å². The van der Waals surface area contributed by atoms with E-state index in [2.05, 4.69) is 21.0 Å². The average molecular weight is 504 g/mol. The van der Waals surface area contributed by atoms with Crippen LogP contribution in [0.3, 0.4) is 0 Å². The van der Waals surface area contributed by atoms with Crippen LogP contribution in [0.1, 0.15) is 77.6 Å². The molecule has 0 saturated heterocycles. The maximum Gasteiger partial charge on any atom is 0.500 e. The second-order valence-corrected chi connectivity index (χ2v) is 11.1. The molecule has 0 atom stereocenters. The van der Waals surface area contributed by atoms with Crippen LogP contribution in [0.5, 0.6) is 0 Å². The van der Waals surface area contributed by atoms with Crippen LogP contribution in [-0.2, 0) is 13.3 Å². The largest absolute Gasteiger partial charge is 1.00 e. The van der Waals surface area contributed by atoms with Gasteiger partial charge in [0, 0.05) is 33.8 Å². The molecule has 0 N–H and O–H groups in total. The van der Waals surface area contributed by atoms with E-state index >= 15 is 0 Å². The summed E-state index contributed by atoms with van der Waals surface area (Å²) < 4.78 is 17.6. The van der Waals surface area contributed by atoms with Gasteiger partial charge in [-0.05, 0) is 12.8 Å². The van der Waals surface area contributed by atoms with E-state index in [0.29, 0.717) is 0 Å². The Kier molecular flexibility index (Phi) is 19.9. The summed E-state index contributed by atoms with van der Waals surface area (Å²) >= 11 is 0. The molecule has 4 nitrogen and oxygen atoms in total. The van der Waals surface area contributed by atoms with Gasteiger partial charge in [-0.25, -0.2) is 0 Å². The fraction of sp³-hybridized carbons (Fsp3) is 1.00. The zero-order valence-corrected chi connectivity index (χ0v) is 21.6. The van der Waals surface area contributed by atoms with Crippen LogP contribution in [0, 0.1) is 0 Å². The fourth-order valence-corrected chi connectivity index (χ4v) is 5.12. The van der Waals surface area contributed by atoms with Crippen LogP contribution < -0.4 is 24.0 Å². The van der Waals surface area contributed by atoms with Crippen molar-refractivity contribution in [2.24, 2.45) is 0 Å². The number of rotatable bonds is 18. The van der Waals surface area contributed by atoms with Crippen molar-refractivity contribution in [2.75, 3.05) is 48.5 Å². The van der Waals surface area contributed by atoms with Crippen molar-refractivity contribution in [3.63, 3.8) is 0 Å². The minimum atomic E-state index is -2.39. The molecule has 0 fully saturated rings. The molecule has 6 heteroatoms. The third-order valence-corrected chi connectivity index (χ3v) is 8.13. The maximum absolute atomic E-state index is 5.51. The van der Waals surface area contributed by atoms with Crippen LogP contribution in [0.15, 0.2) is 0 Å². The number of hydrogen-bond donors (Lipinski definition) is 0. The summed E-state index contributed by atoms with van der Waals surface area (Å²) in [6.07, 6.45) is 15.1. The van der Waals surface area contributed by atoms with Gasteiger partial charge in [0.1, 0.15) is 0 Å². The molecule has 0 bridgehead atoms. The van der Waals surface area contributed by atoms with Crippen molar-refractivity contribution in [1.29, 1.82) is 0 Å². The Morgan fingerprint density at radius 3 is 1.42 bits per heavy atom. The Morgan fingerprint density at radius 2 is 1.00 bits per heavy atom. The van der Waals surface area contributed by atoms with Gasteiger partial charge in [-0.1, -0.05) is 58.3 Å². The van der Waals surface area contributed by atoms with Gasteiger partial charge >= 0.3 is 8.80 Å². The lowest BCUT2D eigenvalue weighted by Crippen LogP contribution is -3.00. The standard InChI is InChI=1S/C20H46NO3Si.HI/c1-7-8-9-10-11-12-13-14-15-16-18-21(2,3)19-17-20-25(22-4,23-5)24-6;/h7-20H2,1-6H3;1H/q+1;/p-1. The number of unbranched alkanes of at least 4 members (excludes halogenated alkanes) is 9. The Morgan fingerprint density at radius 1 is 0.615 bits per heavy atom. The van der Waals surface area contributed by atoms with E-state index in [1.165, 1.54) is 70.8 Å². The van der Waals surface area contributed by atoms with Gasteiger partial charge in [0.15, 0.2) is 0 Å². The number of quaternary nitrogens is 1. The molecule has 0 aliphatic heterocycles. The van der Waals surface area contributed by atoms with Crippen LogP contribution in [0.2, 0.25) is 6.04 Å². The predicted molar refractivity (Wildman–Crippen MR) is 110 cm³/mol. The molecular formula is C20H46INO3Si. The number of halogens is 1. The Bertz CT molecular complexity index is 295. The second kappa shape index (κ2) is 17.9. The Labute approximate surface area is 182 Å². The number of hydrogen-bond acceptors (Lipinski definition) is 3. The third kappa shape index (κ3) is 14.8. The molecule has 0 spiro atoms. The van der Waals surface area contributed by atoms with E-state index in [4.69, 9.17) is 13.3 Å². The van der Waals surface area contributed by atoms with Gasteiger partial charge in [-0.2, -0.15) is 0 Å². The lowest BCUT2D eigenvalue weighted by atomic mass is 10.1. The summed E-state index contributed by atoms with van der Waals surface area (Å²) in [5.74, 6) is 0. The first-order valence-corrected chi connectivity index (χ1v) is 12.4. The maximum atomic E-state index is 5.51. The SMILES string of the molecule is CCCCCCCCCCCC[N+](C)(C)CCC[Si](OC)(OC)OC.[I-]. The molecular weight excluding hydrogens is 457 g/mol. The van der Waals surface area contributed by atoms with Crippen LogP contribution in [0.4, 0.5) is 0 Å². The van der Waals surface area contributed by atoms with Gasteiger partial charge in [0.2, 0.25) is 0 Å². The van der Waals surface area contributed by atoms with Crippen molar-refractivity contribution in [3.05, 3.63) is 0 Å². The van der Waals surface area contributed by atoms with Crippen molar-refractivity contribution < 1.29 is 41.7 Å². The monoisotopic (exact) mass is 503 g/mol. The molecule has 0 aromatic carbocycles. The Balaban J connectivity index is 0. The quantitative estimate of drug-likeness (QED) is 0.124. The minimum absolute atomic E-state index is 0. The van der Waals surface area contributed by atoms with Gasteiger partial charge in [-0.15, -0.1) is 0 Å². The first-order chi connectivity index (χ1) is 11.9. The van der Waals surface area contributed by atoms with E-state index in [0.717, 1.165) is 23.5 Å². The highest BCUT2D eigenvalue weighted by atomic mass is 127. The van der Waals surface area contributed by atoms with E-state index in [9.17, 15) is 0 Å². The Hall–Kier alpha value is 0.787. The zero-order valence-electron chi connectivity index (χ0n) is 18.4. The molecule has 0 aromatic heterocycles. The molecule has 0 aliphatic rings. The van der Waals surface area contributed by atoms with Crippen LogP contribution in [-0.4, -0.2) is 61.8 Å². The van der Waals surface area contributed by atoms with Gasteiger partial charge in [-0.3, -0.25) is 0 Å². The average Bonchev–Trinajstić information content (AvgIpc) is 2.60. The summed E-state index contributed by atoms with van der Waals surface area (Å²) in [5.41, 5.74) is 0. The van der Waals surface area contributed by atoms with Crippen molar-refractivity contribution in [1.82, 2.24) is 0 Å². The summed E-state index contributed by atoms with van der Waals surface area (Å²) in [7, 11) is 7.37. The molecule has 26 heavy (non-hydrogen) atoms. The molecule has 0 aromatic rings. The molecule has 0 radical (unpaired) electrons. The van der Waals surface area contributed by atoms with Crippen LogP contribution >= 0.6 is 0 Å². The summed E-state index contributed by atoms with van der Waals surface area (Å²) in [6.45, 7) is 4.70. The van der Waals surface area contributed by atoms with E-state index < -0.39 is 8.80 Å². The van der Waals surface area contributed by atoms with Crippen LogP contribution in [0.25, 0.3) is 0 Å². The highest BCUT2D eigenvalue weighted by molar-refractivity contribution is 6.60. The molecule has 0 amide bonds. The third-order valence-electron chi connectivity index (χ3n) is 5.30. The fourth-order valence-electron chi connectivity index (χ4n) is 3.42. The topological polar surface area (TPSA) is 27.7 Å². The minimum Gasteiger partial charge on any atom is -1.00 e. The van der Waals surface area contributed by atoms with Gasteiger partial charge < -0.3 is 41.7 Å². The summed E-state index contributed by atoms with van der Waals surface area (Å²) in [6, 6.07) is 0.899. The molecule has 0 heterocycles. The van der Waals surface area contributed by atoms with Gasteiger partial charge in [0.25, 0.3) is 0 Å². The summed E-state index contributed by atoms with van der Waals surface area (Å²) in [4.78, 5) is 0. The van der Waals surface area contributed by atoms with Crippen molar-refractivity contribution in [3.8, 4) is 0 Å². The lowest BCUT2D eigenvalue weighted by Gasteiger charge is -2.31. The normalized spacial score (nSPS) is 12.2. The van der Waals surface area contributed by atoms with Crippen molar-refractivity contribution >= 4 is 8.80 Å². The molecule has 0 unspecified atom stereocenters. The second-order valence-electron chi connectivity index (χ2n) is 7.96. The highest BCUT2D eigenvalue weighted by Gasteiger charge is 2.37. The molecule has 0 rings (SSSR count). The van der Waals surface area contributed by atoms with Crippen molar-refractivity contribution in [2.45, 2.75) is 83.6 Å². The molecule has 0 saturated carbocycles. The molecule has 160 valence electrons. The smallest absolute Gasteiger partial charge is 0.500 e.